The molecule has 1 saturated heterocycles. The van der Waals surface area contributed by atoms with Gasteiger partial charge < -0.3 is 10.2 Å². The standard InChI is InChI=1S/C25H29FN2O2/c1-3-17(4-2)23-24(29)27-22(20-13-18-7-5-6-8-19(18)14-20)25(30)28(23)15-16-9-11-21(26)12-10-16/h5-12,17,20,22-23H,3-4,13-15H2,1-2H3,(H,27,29)/t22-,23-/m1/s1. The highest BCUT2D eigenvalue weighted by Gasteiger charge is 2.46. The van der Waals surface area contributed by atoms with E-state index in [1.165, 1.54) is 23.3 Å². The summed E-state index contributed by atoms with van der Waals surface area (Å²) < 4.78 is 13.4. The minimum Gasteiger partial charge on any atom is -0.342 e. The highest BCUT2D eigenvalue weighted by atomic mass is 19.1. The third-order valence-corrected chi connectivity index (χ3v) is 6.77. The molecule has 0 spiro atoms. The molecule has 1 fully saturated rings. The molecular formula is C25H29FN2O2. The molecule has 1 N–H and O–H groups in total. The van der Waals surface area contributed by atoms with Crippen LogP contribution in [0.5, 0.6) is 0 Å². The summed E-state index contributed by atoms with van der Waals surface area (Å²) in [5, 5.41) is 3.08. The van der Waals surface area contributed by atoms with Gasteiger partial charge in [0.05, 0.1) is 0 Å². The van der Waals surface area contributed by atoms with E-state index in [1.807, 2.05) is 12.1 Å². The number of carbonyl (C=O) groups excluding carboxylic acids is 2. The molecule has 2 aliphatic rings. The van der Waals surface area contributed by atoms with E-state index in [9.17, 15) is 14.0 Å². The normalized spacial score (nSPS) is 21.8. The van der Waals surface area contributed by atoms with Crippen LogP contribution in [0.3, 0.4) is 0 Å². The van der Waals surface area contributed by atoms with Crippen molar-refractivity contribution >= 4 is 11.8 Å². The minimum atomic E-state index is -0.518. The fourth-order valence-electron chi connectivity index (χ4n) is 5.07. The summed E-state index contributed by atoms with van der Waals surface area (Å²) in [6.45, 7) is 4.44. The second kappa shape index (κ2) is 8.58. The van der Waals surface area contributed by atoms with Gasteiger partial charge in [0.15, 0.2) is 0 Å². The fraction of sp³-hybridized carbons (Fsp3) is 0.440. The van der Waals surface area contributed by atoms with Crippen LogP contribution in [0.25, 0.3) is 0 Å². The predicted molar refractivity (Wildman–Crippen MR) is 114 cm³/mol. The van der Waals surface area contributed by atoms with Crippen molar-refractivity contribution < 1.29 is 14.0 Å². The van der Waals surface area contributed by atoms with Gasteiger partial charge in [-0.2, -0.15) is 0 Å². The van der Waals surface area contributed by atoms with E-state index in [2.05, 4.69) is 31.3 Å². The molecule has 2 atom stereocenters. The average Bonchev–Trinajstić information content (AvgIpc) is 3.18. The molecule has 4 rings (SSSR count). The van der Waals surface area contributed by atoms with Crippen LogP contribution in [0.15, 0.2) is 48.5 Å². The molecule has 1 aliphatic carbocycles. The molecule has 0 saturated carbocycles. The molecule has 0 unspecified atom stereocenters. The smallest absolute Gasteiger partial charge is 0.246 e. The lowest BCUT2D eigenvalue weighted by Crippen LogP contribution is -2.66. The molecule has 2 amide bonds. The topological polar surface area (TPSA) is 49.4 Å². The Kier molecular flexibility index (Phi) is 5.89. The summed E-state index contributed by atoms with van der Waals surface area (Å²) in [6, 6.07) is 13.4. The maximum atomic E-state index is 13.7. The van der Waals surface area contributed by atoms with Crippen LogP contribution in [0.2, 0.25) is 0 Å². The molecule has 30 heavy (non-hydrogen) atoms. The number of halogens is 1. The molecule has 1 heterocycles. The molecule has 2 aromatic rings. The lowest BCUT2D eigenvalue weighted by atomic mass is 9.86. The molecule has 0 radical (unpaired) electrons. The third-order valence-electron chi connectivity index (χ3n) is 6.77. The highest BCUT2D eigenvalue weighted by Crippen LogP contribution is 2.33. The summed E-state index contributed by atoms with van der Waals surface area (Å²) in [7, 11) is 0. The monoisotopic (exact) mass is 408 g/mol. The second-order valence-corrected chi connectivity index (χ2v) is 8.54. The van der Waals surface area contributed by atoms with Gasteiger partial charge in [-0.1, -0.05) is 63.1 Å². The Morgan fingerprint density at radius 3 is 2.17 bits per heavy atom. The van der Waals surface area contributed by atoms with Crippen LogP contribution in [0, 0.1) is 17.7 Å². The van der Waals surface area contributed by atoms with Crippen LogP contribution in [0.4, 0.5) is 4.39 Å². The largest absolute Gasteiger partial charge is 0.342 e. The number of nitrogens with zero attached hydrogens (tertiary/aromatic N) is 1. The maximum Gasteiger partial charge on any atom is 0.246 e. The van der Waals surface area contributed by atoms with Crippen molar-refractivity contribution in [2.24, 2.45) is 11.8 Å². The van der Waals surface area contributed by atoms with Gasteiger partial charge in [0.1, 0.15) is 17.9 Å². The highest BCUT2D eigenvalue weighted by molar-refractivity contribution is 5.97. The van der Waals surface area contributed by atoms with Gasteiger partial charge in [0.2, 0.25) is 11.8 Å². The molecule has 1 aliphatic heterocycles. The number of fused-ring (bicyclic) bond motifs is 1. The van der Waals surface area contributed by atoms with Crippen LogP contribution in [-0.2, 0) is 29.0 Å². The quantitative estimate of drug-likeness (QED) is 0.789. The van der Waals surface area contributed by atoms with Crippen molar-refractivity contribution in [3.63, 3.8) is 0 Å². The number of rotatable bonds is 6. The van der Waals surface area contributed by atoms with Crippen molar-refractivity contribution in [2.75, 3.05) is 0 Å². The van der Waals surface area contributed by atoms with E-state index < -0.39 is 12.1 Å². The Morgan fingerprint density at radius 1 is 1.00 bits per heavy atom. The first-order chi connectivity index (χ1) is 14.5. The number of carbonyl (C=O) groups is 2. The lowest BCUT2D eigenvalue weighted by molar-refractivity contribution is -0.154. The number of hydrogen-bond acceptors (Lipinski definition) is 2. The first-order valence-corrected chi connectivity index (χ1v) is 10.9. The van der Waals surface area contributed by atoms with Gasteiger partial charge in [-0.25, -0.2) is 4.39 Å². The lowest BCUT2D eigenvalue weighted by Gasteiger charge is -2.43. The molecule has 5 heteroatoms. The fourth-order valence-corrected chi connectivity index (χ4v) is 5.07. The second-order valence-electron chi connectivity index (χ2n) is 8.54. The number of benzene rings is 2. The average molecular weight is 409 g/mol. The van der Waals surface area contributed by atoms with Crippen molar-refractivity contribution in [2.45, 2.75) is 58.2 Å². The van der Waals surface area contributed by atoms with Crippen LogP contribution in [-0.4, -0.2) is 28.8 Å². The minimum absolute atomic E-state index is 0.0198. The molecule has 4 nitrogen and oxygen atoms in total. The maximum absolute atomic E-state index is 13.7. The van der Waals surface area contributed by atoms with E-state index in [4.69, 9.17) is 0 Å². The first-order valence-electron chi connectivity index (χ1n) is 10.9. The summed E-state index contributed by atoms with van der Waals surface area (Å²) >= 11 is 0. The van der Waals surface area contributed by atoms with Crippen molar-refractivity contribution in [1.82, 2.24) is 10.2 Å². The van der Waals surface area contributed by atoms with E-state index in [0.29, 0.717) is 6.54 Å². The summed E-state index contributed by atoms with van der Waals surface area (Å²) in [5.41, 5.74) is 3.36. The van der Waals surface area contributed by atoms with Gasteiger partial charge in [-0.15, -0.1) is 0 Å². The Bertz CT molecular complexity index is 898. The number of hydrogen-bond donors (Lipinski definition) is 1. The molecule has 158 valence electrons. The Hall–Kier alpha value is -2.69. The van der Waals surface area contributed by atoms with Crippen molar-refractivity contribution in [3.05, 3.63) is 71.0 Å². The van der Waals surface area contributed by atoms with E-state index in [-0.39, 0.29) is 29.5 Å². The molecule has 0 bridgehead atoms. The summed E-state index contributed by atoms with van der Waals surface area (Å²) in [4.78, 5) is 28.6. The van der Waals surface area contributed by atoms with E-state index in [0.717, 1.165) is 31.2 Å². The van der Waals surface area contributed by atoms with E-state index in [1.54, 1.807) is 17.0 Å². The predicted octanol–water partition coefficient (Wildman–Crippen LogP) is 3.87. The first kappa shape index (κ1) is 20.6. The third kappa shape index (κ3) is 3.85. The van der Waals surface area contributed by atoms with Crippen molar-refractivity contribution in [1.29, 1.82) is 0 Å². The van der Waals surface area contributed by atoms with Crippen molar-refractivity contribution in [3.8, 4) is 0 Å². The zero-order valence-corrected chi connectivity index (χ0v) is 17.6. The number of amides is 2. The molecule has 2 aromatic carbocycles. The number of nitrogens with one attached hydrogen (secondary N) is 1. The number of piperazine rings is 1. The van der Waals surface area contributed by atoms with Crippen LogP contribution >= 0.6 is 0 Å². The van der Waals surface area contributed by atoms with Gasteiger partial charge in [-0.05, 0) is 53.5 Å². The van der Waals surface area contributed by atoms with Gasteiger partial charge in [0.25, 0.3) is 0 Å². The Morgan fingerprint density at radius 2 is 1.60 bits per heavy atom. The van der Waals surface area contributed by atoms with Gasteiger partial charge in [0, 0.05) is 6.54 Å². The molecular weight excluding hydrogens is 379 g/mol. The van der Waals surface area contributed by atoms with Crippen LogP contribution in [0.1, 0.15) is 43.4 Å². The Balaban J connectivity index is 1.62. The van der Waals surface area contributed by atoms with Gasteiger partial charge in [-0.3, -0.25) is 9.59 Å². The van der Waals surface area contributed by atoms with Crippen LogP contribution < -0.4 is 5.32 Å². The SMILES string of the molecule is CCC(CC)[C@@H]1C(=O)N[C@H](C2Cc3ccccc3C2)C(=O)N1Cc1ccc(F)cc1. The van der Waals surface area contributed by atoms with Gasteiger partial charge >= 0.3 is 0 Å². The summed E-state index contributed by atoms with van der Waals surface area (Å²) in [5.74, 6) is -0.229. The Labute approximate surface area is 177 Å². The zero-order chi connectivity index (χ0) is 21.3. The summed E-state index contributed by atoms with van der Waals surface area (Å²) in [6.07, 6.45) is 3.24. The van der Waals surface area contributed by atoms with E-state index >= 15 is 0 Å². The zero-order valence-electron chi connectivity index (χ0n) is 17.6. The molecule has 0 aromatic heterocycles.